The summed E-state index contributed by atoms with van der Waals surface area (Å²) in [5.74, 6) is -1.53. The van der Waals surface area contributed by atoms with E-state index in [0.29, 0.717) is 5.69 Å². The molecule has 0 fully saturated rings. The molecule has 4 rings (SSSR count). The van der Waals surface area contributed by atoms with Gasteiger partial charge in [-0.1, -0.05) is 18.2 Å². The first-order valence-corrected chi connectivity index (χ1v) is 8.91. The zero-order chi connectivity index (χ0) is 18.3. The van der Waals surface area contributed by atoms with E-state index < -0.39 is 23.5 Å². The van der Waals surface area contributed by atoms with E-state index in [0.717, 1.165) is 10.4 Å². The summed E-state index contributed by atoms with van der Waals surface area (Å²) in [6.45, 7) is 1.92. The number of carbonyl (C=O) groups excluding carboxylic acids is 2. The van der Waals surface area contributed by atoms with Gasteiger partial charge in [-0.25, -0.2) is 0 Å². The fraction of sp³-hybridized carbons (Fsp3) is 0.100. The van der Waals surface area contributed by atoms with Crippen molar-refractivity contribution in [2.75, 3.05) is 4.90 Å². The van der Waals surface area contributed by atoms with Crippen LogP contribution in [0.2, 0.25) is 0 Å². The molecule has 0 saturated heterocycles. The Morgan fingerprint density at radius 1 is 1.19 bits per heavy atom. The van der Waals surface area contributed by atoms with Gasteiger partial charge in [0.1, 0.15) is 6.04 Å². The molecule has 0 bridgehead atoms. The lowest BCUT2D eigenvalue weighted by Gasteiger charge is -2.25. The second-order valence-corrected chi connectivity index (χ2v) is 6.98. The van der Waals surface area contributed by atoms with Crippen molar-refractivity contribution < 1.29 is 19.1 Å². The van der Waals surface area contributed by atoms with Crippen molar-refractivity contribution in [2.45, 2.75) is 13.0 Å². The Balaban J connectivity index is 1.87. The number of aliphatic hydroxyl groups excluding tert-OH is 1. The number of hydrogen-bond donors (Lipinski definition) is 1. The summed E-state index contributed by atoms with van der Waals surface area (Å²) in [7, 11) is 0. The molecule has 1 atom stereocenters. The third-order valence-corrected chi connectivity index (χ3v) is 5.21. The zero-order valence-electron chi connectivity index (χ0n) is 13.9. The Labute approximate surface area is 153 Å². The van der Waals surface area contributed by atoms with Crippen LogP contribution in [0.4, 0.5) is 5.69 Å². The van der Waals surface area contributed by atoms with Crippen molar-refractivity contribution in [3.63, 3.8) is 0 Å². The van der Waals surface area contributed by atoms with E-state index in [-0.39, 0.29) is 11.3 Å². The largest absolute Gasteiger partial charge is 0.503 e. The van der Waals surface area contributed by atoms with Gasteiger partial charge in [0, 0.05) is 10.6 Å². The van der Waals surface area contributed by atoms with E-state index in [1.165, 1.54) is 28.6 Å². The topological polar surface area (TPSA) is 70.8 Å². The first-order chi connectivity index (χ1) is 12.6. The van der Waals surface area contributed by atoms with Crippen LogP contribution in [0.3, 0.4) is 0 Å². The molecule has 1 amide bonds. The third-order valence-electron chi connectivity index (χ3n) is 4.29. The summed E-state index contributed by atoms with van der Waals surface area (Å²) in [6, 6.07) is 13.5. The molecule has 0 saturated carbocycles. The van der Waals surface area contributed by atoms with Crippen molar-refractivity contribution in [2.24, 2.45) is 0 Å². The van der Waals surface area contributed by atoms with Gasteiger partial charge in [-0.05, 0) is 48.2 Å². The number of nitrogens with zero attached hydrogens (tertiary/aromatic N) is 1. The smallest absolute Gasteiger partial charge is 0.294 e. The van der Waals surface area contributed by atoms with Crippen LogP contribution in [-0.2, 0) is 4.79 Å². The van der Waals surface area contributed by atoms with Crippen molar-refractivity contribution in [1.29, 1.82) is 0 Å². The number of aryl methyl sites for hydroxylation is 1. The predicted octanol–water partition coefficient (Wildman–Crippen LogP) is 4.43. The molecule has 1 aliphatic heterocycles. The summed E-state index contributed by atoms with van der Waals surface area (Å²) in [5, 5.41) is 12.4. The highest BCUT2D eigenvalue weighted by Gasteiger charge is 2.45. The first-order valence-electron chi connectivity index (χ1n) is 8.03. The maximum atomic E-state index is 12.9. The van der Waals surface area contributed by atoms with E-state index >= 15 is 0 Å². The number of amides is 1. The highest BCUT2D eigenvalue weighted by atomic mass is 32.1. The first kappa shape index (κ1) is 16.4. The normalized spacial score (nSPS) is 17.2. The van der Waals surface area contributed by atoms with Gasteiger partial charge in [0.25, 0.3) is 5.91 Å². The SMILES string of the molecule is Cc1cccc(N2C(=O)C(O)=C(C(=O)c3ccco3)C2c2cccs2)c1. The van der Waals surface area contributed by atoms with Gasteiger partial charge in [-0.3, -0.25) is 14.5 Å². The van der Waals surface area contributed by atoms with Crippen molar-refractivity contribution in [3.05, 3.63) is 87.7 Å². The Hall–Kier alpha value is -3.12. The maximum absolute atomic E-state index is 12.9. The molecule has 0 spiro atoms. The molecule has 2 aromatic heterocycles. The minimum Gasteiger partial charge on any atom is -0.503 e. The standard InChI is InChI=1S/C20H15NO4S/c1-12-5-2-6-13(11-12)21-17(15-8-4-10-26-15)16(19(23)20(21)24)18(22)14-7-3-9-25-14/h2-11,17,23H,1H3. The zero-order valence-corrected chi connectivity index (χ0v) is 14.7. The number of benzene rings is 1. The summed E-state index contributed by atoms with van der Waals surface area (Å²) < 4.78 is 5.20. The van der Waals surface area contributed by atoms with Crippen LogP contribution in [0.25, 0.3) is 0 Å². The highest BCUT2D eigenvalue weighted by molar-refractivity contribution is 7.10. The number of thiophene rings is 1. The molecule has 5 nitrogen and oxygen atoms in total. The molecule has 1 N–H and O–H groups in total. The van der Waals surface area contributed by atoms with Crippen LogP contribution in [-0.4, -0.2) is 16.8 Å². The Kier molecular flexibility index (Phi) is 3.97. The molecular formula is C20H15NO4S. The van der Waals surface area contributed by atoms with Gasteiger partial charge in [-0.2, -0.15) is 0 Å². The number of aliphatic hydroxyl groups is 1. The number of Topliss-reactive ketones (excluding diaryl/α,β-unsaturated/α-hetero) is 1. The lowest BCUT2D eigenvalue weighted by atomic mass is 10.00. The monoisotopic (exact) mass is 365 g/mol. The minimum atomic E-state index is -0.693. The number of carbonyl (C=O) groups is 2. The Morgan fingerprint density at radius 3 is 2.69 bits per heavy atom. The van der Waals surface area contributed by atoms with Crippen LogP contribution in [0.5, 0.6) is 0 Å². The lowest BCUT2D eigenvalue weighted by molar-refractivity contribution is -0.117. The van der Waals surface area contributed by atoms with E-state index in [2.05, 4.69) is 0 Å². The molecule has 6 heteroatoms. The van der Waals surface area contributed by atoms with Gasteiger partial charge in [0.05, 0.1) is 11.8 Å². The van der Waals surface area contributed by atoms with Gasteiger partial charge >= 0.3 is 0 Å². The molecule has 3 aromatic rings. The minimum absolute atomic E-state index is 0.0360. The molecule has 0 aliphatic carbocycles. The van der Waals surface area contributed by atoms with Crippen molar-refractivity contribution in [1.82, 2.24) is 0 Å². The molecule has 0 radical (unpaired) electrons. The molecule has 1 aromatic carbocycles. The Morgan fingerprint density at radius 2 is 2.04 bits per heavy atom. The molecular weight excluding hydrogens is 350 g/mol. The summed E-state index contributed by atoms with van der Waals surface area (Å²) in [4.78, 5) is 28.0. The molecule has 26 heavy (non-hydrogen) atoms. The molecule has 1 aliphatic rings. The summed E-state index contributed by atoms with van der Waals surface area (Å²) >= 11 is 1.42. The van der Waals surface area contributed by atoms with Crippen LogP contribution < -0.4 is 4.90 Å². The predicted molar refractivity (Wildman–Crippen MR) is 98.4 cm³/mol. The fourth-order valence-electron chi connectivity index (χ4n) is 3.14. The van der Waals surface area contributed by atoms with Gasteiger partial charge in [0.2, 0.25) is 5.78 Å². The van der Waals surface area contributed by atoms with Crippen LogP contribution in [0, 0.1) is 6.92 Å². The quantitative estimate of drug-likeness (QED) is 0.694. The Bertz CT molecular complexity index is 1000. The van der Waals surface area contributed by atoms with Crippen molar-refractivity contribution in [3.8, 4) is 0 Å². The third kappa shape index (κ3) is 2.55. The van der Waals surface area contributed by atoms with Gasteiger partial charge < -0.3 is 9.52 Å². The number of hydrogen-bond acceptors (Lipinski definition) is 5. The van der Waals surface area contributed by atoms with E-state index in [1.807, 2.05) is 42.6 Å². The second kappa shape index (κ2) is 6.31. The maximum Gasteiger partial charge on any atom is 0.294 e. The second-order valence-electron chi connectivity index (χ2n) is 6.00. The van der Waals surface area contributed by atoms with E-state index in [4.69, 9.17) is 4.42 Å². The highest BCUT2D eigenvalue weighted by Crippen LogP contribution is 2.43. The number of anilines is 1. The van der Waals surface area contributed by atoms with Gasteiger partial charge in [-0.15, -0.1) is 11.3 Å². The van der Waals surface area contributed by atoms with Crippen molar-refractivity contribution >= 4 is 28.7 Å². The summed E-state index contributed by atoms with van der Waals surface area (Å²) in [6.07, 6.45) is 1.39. The van der Waals surface area contributed by atoms with E-state index in [1.54, 1.807) is 12.1 Å². The molecule has 1 unspecified atom stereocenters. The van der Waals surface area contributed by atoms with E-state index in [9.17, 15) is 14.7 Å². The number of rotatable bonds is 4. The fourth-order valence-corrected chi connectivity index (χ4v) is 3.96. The van der Waals surface area contributed by atoms with Crippen LogP contribution in [0.15, 0.2) is 75.9 Å². The molecule has 130 valence electrons. The van der Waals surface area contributed by atoms with Gasteiger partial charge in [0.15, 0.2) is 11.5 Å². The van der Waals surface area contributed by atoms with Crippen LogP contribution in [0.1, 0.15) is 27.0 Å². The lowest BCUT2D eigenvalue weighted by Crippen LogP contribution is -2.30. The number of ketones is 1. The average Bonchev–Trinajstić information content (AvgIpc) is 3.36. The summed E-state index contributed by atoms with van der Waals surface area (Å²) in [5.41, 5.74) is 1.64. The average molecular weight is 365 g/mol. The van der Waals surface area contributed by atoms with Crippen LogP contribution >= 0.6 is 11.3 Å². The molecule has 3 heterocycles. The number of furan rings is 1.